The zero-order chi connectivity index (χ0) is 16.4. The molecule has 0 spiro atoms. The summed E-state index contributed by atoms with van der Waals surface area (Å²) in [6.45, 7) is 4.03. The van der Waals surface area contributed by atoms with E-state index < -0.39 is 0 Å². The Labute approximate surface area is 142 Å². The second kappa shape index (κ2) is 6.77. The SMILES string of the molecule is O=C(CN1CCCC1Cn1cccn1)N1CCc2ccccc2C1. The van der Waals surface area contributed by atoms with Crippen molar-refractivity contribution < 1.29 is 4.79 Å². The molecule has 0 saturated carbocycles. The first kappa shape index (κ1) is 15.4. The van der Waals surface area contributed by atoms with Crippen molar-refractivity contribution in [3.63, 3.8) is 0 Å². The van der Waals surface area contributed by atoms with E-state index in [9.17, 15) is 4.79 Å². The van der Waals surface area contributed by atoms with Gasteiger partial charge >= 0.3 is 0 Å². The van der Waals surface area contributed by atoms with Crippen LogP contribution in [0.3, 0.4) is 0 Å². The van der Waals surface area contributed by atoms with Gasteiger partial charge in [0.15, 0.2) is 0 Å². The summed E-state index contributed by atoms with van der Waals surface area (Å²) in [5.74, 6) is 0.261. The molecule has 0 radical (unpaired) electrons. The number of aromatic nitrogens is 2. The first-order valence-electron chi connectivity index (χ1n) is 8.85. The Morgan fingerprint density at radius 1 is 1.17 bits per heavy atom. The molecule has 126 valence electrons. The van der Waals surface area contributed by atoms with Crippen LogP contribution >= 0.6 is 0 Å². The molecule has 0 N–H and O–H groups in total. The summed E-state index contributed by atoms with van der Waals surface area (Å²) in [5, 5.41) is 4.30. The fourth-order valence-corrected chi connectivity index (χ4v) is 3.92. The molecule has 3 heterocycles. The highest BCUT2D eigenvalue weighted by molar-refractivity contribution is 5.78. The van der Waals surface area contributed by atoms with Gasteiger partial charge in [0.1, 0.15) is 0 Å². The number of amides is 1. The Hall–Kier alpha value is -2.14. The Morgan fingerprint density at radius 2 is 2.04 bits per heavy atom. The van der Waals surface area contributed by atoms with Crippen LogP contribution in [0.1, 0.15) is 24.0 Å². The van der Waals surface area contributed by atoms with Crippen LogP contribution < -0.4 is 0 Å². The van der Waals surface area contributed by atoms with Crippen molar-refractivity contribution in [2.45, 2.75) is 38.4 Å². The van der Waals surface area contributed by atoms with Gasteiger partial charge < -0.3 is 4.90 Å². The molecule has 1 fully saturated rings. The van der Waals surface area contributed by atoms with Crippen LogP contribution in [0.2, 0.25) is 0 Å². The van der Waals surface area contributed by atoms with Gasteiger partial charge in [-0.15, -0.1) is 0 Å². The highest BCUT2D eigenvalue weighted by atomic mass is 16.2. The molecule has 0 aliphatic carbocycles. The third-order valence-corrected chi connectivity index (χ3v) is 5.28. The minimum absolute atomic E-state index is 0.261. The molecule has 5 heteroatoms. The van der Waals surface area contributed by atoms with Crippen LogP contribution in [0.5, 0.6) is 0 Å². The summed E-state index contributed by atoms with van der Waals surface area (Å²) < 4.78 is 1.98. The predicted octanol–water partition coefficient (Wildman–Crippen LogP) is 1.93. The number of carbonyl (C=O) groups is 1. The zero-order valence-electron chi connectivity index (χ0n) is 14.0. The number of benzene rings is 1. The summed E-state index contributed by atoms with van der Waals surface area (Å²) in [6.07, 6.45) is 7.10. The first-order chi connectivity index (χ1) is 11.8. The molecule has 1 saturated heterocycles. The molecule has 2 aliphatic rings. The van der Waals surface area contributed by atoms with E-state index in [1.54, 1.807) is 0 Å². The summed E-state index contributed by atoms with van der Waals surface area (Å²) >= 11 is 0. The molecule has 24 heavy (non-hydrogen) atoms. The van der Waals surface area contributed by atoms with Gasteiger partial charge in [-0.1, -0.05) is 24.3 Å². The van der Waals surface area contributed by atoms with Crippen LogP contribution in [0.25, 0.3) is 0 Å². The topological polar surface area (TPSA) is 41.4 Å². The van der Waals surface area contributed by atoms with Crippen LogP contribution in [-0.2, 0) is 24.3 Å². The van der Waals surface area contributed by atoms with Gasteiger partial charge in [-0.05, 0) is 43.0 Å². The van der Waals surface area contributed by atoms with Gasteiger partial charge in [-0.3, -0.25) is 14.4 Å². The number of hydrogen-bond donors (Lipinski definition) is 0. The van der Waals surface area contributed by atoms with E-state index in [1.165, 1.54) is 17.5 Å². The van der Waals surface area contributed by atoms with Crippen LogP contribution in [-0.4, -0.2) is 51.2 Å². The molecule has 1 atom stereocenters. The summed E-state index contributed by atoms with van der Waals surface area (Å²) in [7, 11) is 0. The lowest BCUT2D eigenvalue weighted by atomic mass is 10.00. The van der Waals surface area contributed by atoms with E-state index in [2.05, 4.69) is 34.3 Å². The summed E-state index contributed by atoms with van der Waals surface area (Å²) in [5.41, 5.74) is 2.69. The Morgan fingerprint density at radius 3 is 2.88 bits per heavy atom. The highest BCUT2D eigenvalue weighted by Crippen LogP contribution is 2.21. The maximum atomic E-state index is 12.8. The van der Waals surface area contributed by atoms with E-state index >= 15 is 0 Å². The van der Waals surface area contributed by atoms with Gasteiger partial charge in [0.05, 0.1) is 13.1 Å². The average molecular weight is 324 g/mol. The number of carbonyl (C=O) groups excluding carboxylic acids is 1. The maximum Gasteiger partial charge on any atom is 0.237 e. The smallest absolute Gasteiger partial charge is 0.237 e. The largest absolute Gasteiger partial charge is 0.337 e. The molecule has 1 unspecified atom stereocenters. The van der Waals surface area contributed by atoms with Gasteiger partial charge in [0.2, 0.25) is 5.91 Å². The number of likely N-dealkylation sites (tertiary alicyclic amines) is 1. The van der Waals surface area contributed by atoms with E-state index in [-0.39, 0.29) is 5.91 Å². The van der Waals surface area contributed by atoms with Crippen LogP contribution in [0.4, 0.5) is 0 Å². The second-order valence-electron chi connectivity index (χ2n) is 6.83. The molecule has 5 nitrogen and oxygen atoms in total. The van der Waals surface area contributed by atoms with Gasteiger partial charge in [0.25, 0.3) is 0 Å². The quantitative estimate of drug-likeness (QED) is 0.863. The van der Waals surface area contributed by atoms with E-state index in [0.717, 1.165) is 39.0 Å². The normalized spacial score (nSPS) is 21.0. The Kier molecular flexibility index (Phi) is 4.34. The highest BCUT2D eigenvalue weighted by Gasteiger charge is 2.29. The molecule has 1 amide bonds. The minimum Gasteiger partial charge on any atom is -0.337 e. The summed E-state index contributed by atoms with van der Waals surface area (Å²) in [6, 6.07) is 10.8. The molecule has 1 aromatic carbocycles. The number of hydrogen-bond acceptors (Lipinski definition) is 3. The van der Waals surface area contributed by atoms with Crippen molar-refractivity contribution in [3.8, 4) is 0 Å². The lowest BCUT2D eigenvalue weighted by Gasteiger charge is -2.32. The van der Waals surface area contributed by atoms with Crippen molar-refractivity contribution in [3.05, 3.63) is 53.9 Å². The second-order valence-corrected chi connectivity index (χ2v) is 6.83. The Balaban J connectivity index is 1.37. The van der Waals surface area contributed by atoms with Crippen LogP contribution in [0, 0.1) is 0 Å². The van der Waals surface area contributed by atoms with E-state index in [1.807, 2.05) is 28.0 Å². The fraction of sp³-hybridized carbons (Fsp3) is 0.474. The molecule has 2 aromatic rings. The third-order valence-electron chi connectivity index (χ3n) is 5.28. The Bertz CT molecular complexity index is 697. The average Bonchev–Trinajstić information content (AvgIpc) is 3.27. The molecular formula is C19H24N4O. The number of nitrogens with zero attached hydrogens (tertiary/aromatic N) is 4. The van der Waals surface area contributed by atoms with Gasteiger partial charge in [-0.2, -0.15) is 5.10 Å². The molecule has 4 rings (SSSR count). The molecule has 1 aromatic heterocycles. The van der Waals surface area contributed by atoms with Crippen LogP contribution in [0.15, 0.2) is 42.7 Å². The van der Waals surface area contributed by atoms with Crippen molar-refractivity contribution >= 4 is 5.91 Å². The number of rotatable bonds is 4. The molecule has 2 aliphatic heterocycles. The minimum atomic E-state index is 0.261. The van der Waals surface area contributed by atoms with E-state index in [0.29, 0.717) is 12.6 Å². The van der Waals surface area contributed by atoms with Crippen molar-refractivity contribution in [1.29, 1.82) is 0 Å². The zero-order valence-corrected chi connectivity index (χ0v) is 14.0. The molecular weight excluding hydrogens is 300 g/mol. The third kappa shape index (κ3) is 3.22. The van der Waals surface area contributed by atoms with Crippen molar-refractivity contribution in [1.82, 2.24) is 19.6 Å². The van der Waals surface area contributed by atoms with Gasteiger partial charge in [-0.25, -0.2) is 0 Å². The maximum absolute atomic E-state index is 12.8. The predicted molar refractivity (Wildman–Crippen MR) is 92.4 cm³/mol. The first-order valence-corrected chi connectivity index (χ1v) is 8.85. The monoisotopic (exact) mass is 324 g/mol. The van der Waals surface area contributed by atoms with Gasteiger partial charge in [0, 0.05) is 31.5 Å². The number of fused-ring (bicyclic) bond motifs is 1. The van der Waals surface area contributed by atoms with E-state index in [4.69, 9.17) is 0 Å². The summed E-state index contributed by atoms with van der Waals surface area (Å²) in [4.78, 5) is 17.1. The fourth-order valence-electron chi connectivity index (χ4n) is 3.92. The lowest BCUT2D eigenvalue weighted by Crippen LogP contribution is -2.45. The standard InChI is InChI=1S/C19H24N4O/c24-19(22-12-8-16-5-1-2-6-17(16)13-22)15-21-10-3-7-18(21)14-23-11-4-9-20-23/h1-2,4-6,9,11,18H,3,7-8,10,12-15H2. The van der Waals surface area contributed by atoms with Crippen molar-refractivity contribution in [2.24, 2.45) is 0 Å². The lowest BCUT2D eigenvalue weighted by molar-refractivity contribution is -0.133. The van der Waals surface area contributed by atoms with Crippen molar-refractivity contribution in [2.75, 3.05) is 19.6 Å². The molecule has 0 bridgehead atoms.